The Hall–Kier alpha value is -0.500. The Morgan fingerprint density at radius 3 is 2.46 bits per heavy atom. The average Bonchev–Trinajstić information content (AvgIpc) is 2.55. The van der Waals surface area contributed by atoms with Gasteiger partial charge in [0.05, 0.1) is 12.2 Å². The molecule has 0 bridgehead atoms. The number of nitrogens with zero attached hydrogens (tertiary/aromatic N) is 1. The minimum absolute atomic E-state index is 0.352. The van der Waals surface area contributed by atoms with E-state index in [0.717, 1.165) is 19.5 Å². The molecule has 0 aromatic rings. The SMILES string of the molecule is C=CN1CCC(OC(C)C)C1.CC. The Morgan fingerprint density at radius 1 is 1.46 bits per heavy atom. The summed E-state index contributed by atoms with van der Waals surface area (Å²) in [6, 6.07) is 0. The van der Waals surface area contributed by atoms with E-state index in [1.165, 1.54) is 0 Å². The molecule has 1 aliphatic rings. The summed E-state index contributed by atoms with van der Waals surface area (Å²) in [5.74, 6) is 0. The molecule has 0 amide bonds. The van der Waals surface area contributed by atoms with Crippen molar-refractivity contribution < 1.29 is 4.74 Å². The van der Waals surface area contributed by atoms with E-state index in [4.69, 9.17) is 4.74 Å². The van der Waals surface area contributed by atoms with Crippen LogP contribution in [0, 0.1) is 0 Å². The quantitative estimate of drug-likeness (QED) is 0.670. The maximum absolute atomic E-state index is 5.65. The van der Waals surface area contributed by atoms with Gasteiger partial charge >= 0.3 is 0 Å². The van der Waals surface area contributed by atoms with Gasteiger partial charge in [-0.1, -0.05) is 20.4 Å². The van der Waals surface area contributed by atoms with Crippen molar-refractivity contribution in [3.05, 3.63) is 12.8 Å². The van der Waals surface area contributed by atoms with E-state index in [9.17, 15) is 0 Å². The van der Waals surface area contributed by atoms with E-state index in [0.29, 0.717) is 12.2 Å². The largest absolute Gasteiger partial charge is 0.375 e. The molecule has 0 N–H and O–H groups in total. The van der Waals surface area contributed by atoms with Crippen LogP contribution in [0.2, 0.25) is 0 Å². The lowest BCUT2D eigenvalue weighted by atomic mass is 10.3. The molecule has 1 saturated heterocycles. The second-order valence-electron chi connectivity index (χ2n) is 3.27. The van der Waals surface area contributed by atoms with E-state index in [1.807, 2.05) is 20.0 Å². The Balaban J connectivity index is 0.000000671. The van der Waals surface area contributed by atoms with Gasteiger partial charge in [-0.15, -0.1) is 0 Å². The van der Waals surface area contributed by atoms with Crippen molar-refractivity contribution in [3.8, 4) is 0 Å². The monoisotopic (exact) mass is 185 g/mol. The molecule has 0 aromatic heterocycles. The molecule has 1 atom stereocenters. The van der Waals surface area contributed by atoms with E-state index in [1.54, 1.807) is 0 Å². The lowest BCUT2D eigenvalue weighted by Gasteiger charge is -2.15. The number of hydrogen-bond donors (Lipinski definition) is 0. The van der Waals surface area contributed by atoms with Crippen molar-refractivity contribution in [1.29, 1.82) is 0 Å². The van der Waals surface area contributed by atoms with Crippen LogP contribution in [0.15, 0.2) is 12.8 Å². The fourth-order valence-electron chi connectivity index (χ4n) is 1.42. The molecule has 2 nitrogen and oxygen atoms in total. The number of hydrogen-bond acceptors (Lipinski definition) is 2. The summed E-state index contributed by atoms with van der Waals surface area (Å²) in [6.07, 6.45) is 3.81. The number of likely N-dealkylation sites (tertiary alicyclic amines) is 1. The molecule has 0 aromatic carbocycles. The van der Waals surface area contributed by atoms with Gasteiger partial charge < -0.3 is 9.64 Å². The first kappa shape index (κ1) is 12.5. The van der Waals surface area contributed by atoms with E-state index in [2.05, 4.69) is 25.3 Å². The summed E-state index contributed by atoms with van der Waals surface area (Å²) in [5, 5.41) is 0. The molecule has 13 heavy (non-hydrogen) atoms. The molecule has 0 saturated carbocycles. The molecule has 1 aliphatic heterocycles. The molecule has 1 unspecified atom stereocenters. The normalized spacial score (nSPS) is 21.3. The van der Waals surface area contributed by atoms with Crippen LogP contribution >= 0.6 is 0 Å². The van der Waals surface area contributed by atoms with Crippen LogP contribution in [0.1, 0.15) is 34.1 Å². The Kier molecular flexibility index (Phi) is 6.69. The Bertz CT molecular complexity index is 134. The molecule has 78 valence electrons. The summed E-state index contributed by atoms with van der Waals surface area (Å²) in [5.41, 5.74) is 0. The summed E-state index contributed by atoms with van der Waals surface area (Å²) >= 11 is 0. The zero-order valence-electron chi connectivity index (χ0n) is 9.42. The third-order valence-corrected chi connectivity index (χ3v) is 1.90. The van der Waals surface area contributed by atoms with Gasteiger partial charge in [0.15, 0.2) is 0 Å². The van der Waals surface area contributed by atoms with Crippen LogP contribution < -0.4 is 0 Å². The molecule has 0 spiro atoms. The zero-order valence-corrected chi connectivity index (χ0v) is 9.42. The fourth-order valence-corrected chi connectivity index (χ4v) is 1.42. The molecule has 1 rings (SSSR count). The lowest BCUT2D eigenvalue weighted by molar-refractivity contribution is 0.0162. The van der Waals surface area contributed by atoms with Crippen molar-refractivity contribution in [3.63, 3.8) is 0 Å². The van der Waals surface area contributed by atoms with Crippen LogP contribution in [-0.2, 0) is 4.74 Å². The van der Waals surface area contributed by atoms with Gasteiger partial charge in [-0.05, 0) is 26.5 Å². The van der Waals surface area contributed by atoms with Gasteiger partial charge in [0.25, 0.3) is 0 Å². The molecule has 1 fully saturated rings. The Morgan fingerprint density at radius 2 is 2.08 bits per heavy atom. The van der Waals surface area contributed by atoms with Crippen LogP contribution in [0.5, 0.6) is 0 Å². The van der Waals surface area contributed by atoms with Gasteiger partial charge in [-0.3, -0.25) is 0 Å². The topological polar surface area (TPSA) is 12.5 Å². The summed E-state index contributed by atoms with van der Waals surface area (Å²) in [7, 11) is 0. The van der Waals surface area contributed by atoms with Crippen LogP contribution in [0.25, 0.3) is 0 Å². The summed E-state index contributed by atoms with van der Waals surface area (Å²) in [6.45, 7) is 14.0. The summed E-state index contributed by atoms with van der Waals surface area (Å²) < 4.78 is 5.65. The van der Waals surface area contributed by atoms with Crippen LogP contribution in [-0.4, -0.2) is 30.2 Å². The maximum atomic E-state index is 5.65. The highest BCUT2D eigenvalue weighted by molar-refractivity contribution is 4.82. The smallest absolute Gasteiger partial charge is 0.0770 e. The average molecular weight is 185 g/mol. The third-order valence-electron chi connectivity index (χ3n) is 1.90. The maximum Gasteiger partial charge on any atom is 0.0770 e. The molecular weight excluding hydrogens is 162 g/mol. The highest BCUT2D eigenvalue weighted by Gasteiger charge is 2.20. The Labute approximate surface area is 82.6 Å². The first-order valence-electron chi connectivity index (χ1n) is 5.24. The van der Waals surface area contributed by atoms with Crippen molar-refractivity contribution in [2.45, 2.75) is 46.3 Å². The third kappa shape index (κ3) is 4.94. The highest BCUT2D eigenvalue weighted by atomic mass is 16.5. The minimum atomic E-state index is 0.352. The first-order chi connectivity index (χ1) is 6.22. The van der Waals surface area contributed by atoms with Crippen LogP contribution in [0.3, 0.4) is 0 Å². The molecule has 2 heteroatoms. The van der Waals surface area contributed by atoms with Crippen molar-refractivity contribution in [2.75, 3.05) is 13.1 Å². The minimum Gasteiger partial charge on any atom is -0.375 e. The molecular formula is C11H23NO. The molecule has 1 heterocycles. The van der Waals surface area contributed by atoms with Gasteiger partial charge in [-0.2, -0.15) is 0 Å². The predicted molar refractivity (Wildman–Crippen MR) is 57.7 cm³/mol. The number of ether oxygens (including phenoxy) is 1. The van der Waals surface area contributed by atoms with Gasteiger partial charge in [0.1, 0.15) is 0 Å². The van der Waals surface area contributed by atoms with E-state index >= 15 is 0 Å². The second kappa shape index (κ2) is 6.96. The number of rotatable bonds is 3. The van der Waals surface area contributed by atoms with Crippen molar-refractivity contribution >= 4 is 0 Å². The molecule has 0 radical (unpaired) electrons. The first-order valence-corrected chi connectivity index (χ1v) is 5.24. The molecule has 0 aliphatic carbocycles. The predicted octanol–water partition coefficient (Wildman–Crippen LogP) is 2.66. The van der Waals surface area contributed by atoms with E-state index < -0.39 is 0 Å². The second-order valence-corrected chi connectivity index (χ2v) is 3.27. The highest BCUT2D eigenvalue weighted by Crippen LogP contribution is 2.13. The van der Waals surface area contributed by atoms with Gasteiger partial charge in [0, 0.05) is 13.1 Å². The van der Waals surface area contributed by atoms with Crippen LogP contribution in [0.4, 0.5) is 0 Å². The lowest BCUT2D eigenvalue weighted by Crippen LogP contribution is -2.21. The van der Waals surface area contributed by atoms with Crippen molar-refractivity contribution in [2.24, 2.45) is 0 Å². The van der Waals surface area contributed by atoms with Crippen molar-refractivity contribution in [1.82, 2.24) is 4.90 Å². The van der Waals surface area contributed by atoms with Gasteiger partial charge in [-0.25, -0.2) is 0 Å². The fraction of sp³-hybridized carbons (Fsp3) is 0.818. The zero-order chi connectivity index (χ0) is 10.3. The standard InChI is InChI=1S/C9H17NO.C2H6/c1-4-10-6-5-9(7-10)11-8(2)3;1-2/h4,8-9H,1,5-7H2,2-3H3;1-2H3. The van der Waals surface area contributed by atoms with Gasteiger partial charge in [0.2, 0.25) is 0 Å². The summed E-state index contributed by atoms with van der Waals surface area (Å²) in [4.78, 5) is 2.20. The van der Waals surface area contributed by atoms with E-state index in [-0.39, 0.29) is 0 Å².